The maximum absolute atomic E-state index is 12.2. The third-order valence-corrected chi connectivity index (χ3v) is 2.40. The second kappa shape index (κ2) is 10.7. The first kappa shape index (κ1) is 16.6. The van der Waals surface area contributed by atoms with Crippen molar-refractivity contribution < 1.29 is 22.7 Å². The molecule has 0 aromatic carbocycles. The Balaban J connectivity index is 3.61. The van der Waals surface area contributed by atoms with Gasteiger partial charge in [0.05, 0.1) is 0 Å². The van der Waals surface area contributed by atoms with Crippen LogP contribution >= 0.6 is 12.6 Å². The van der Waals surface area contributed by atoms with Crippen LogP contribution in [0.4, 0.5) is 13.2 Å². The number of hydrogen-bond donors (Lipinski definition) is 2. The molecule has 0 aromatic rings. The van der Waals surface area contributed by atoms with Gasteiger partial charge >= 0.3 is 6.61 Å². The van der Waals surface area contributed by atoms with Gasteiger partial charge in [-0.2, -0.15) is 21.4 Å². The highest BCUT2D eigenvalue weighted by atomic mass is 32.1. The maximum Gasteiger partial charge on any atom is 0.346 e. The summed E-state index contributed by atoms with van der Waals surface area (Å²) < 4.78 is 39.6. The van der Waals surface area contributed by atoms with E-state index in [4.69, 9.17) is 0 Å². The summed E-state index contributed by atoms with van der Waals surface area (Å²) in [5, 5.41) is 2.36. The predicted molar refractivity (Wildman–Crippen MR) is 62.2 cm³/mol. The lowest BCUT2D eigenvalue weighted by molar-refractivity contribution is -0.178. The van der Waals surface area contributed by atoms with E-state index >= 15 is 0 Å². The summed E-state index contributed by atoms with van der Waals surface area (Å²) in [4.78, 5) is 11.2. The molecule has 3 nitrogen and oxygen atoms in total. The molecule has 17 heavy (non-hydrogen) atoms. The third-order valence-electron chi connectivity index (χ3n) is 2.08. The van der Waals surface area contributed by atoms with Gasteiger partial charge in [-0.15, -0.1) is 0 Å². The summed E-state index contributed by atoms with van der Waals surface area (Å²) in [7, 11) is 0. The zero-order chi connectivity index (χ0) is 13.1. The molecule has 1 N–H and O–H groups in total. The smallest absolute Gasteiger partial charge is 0.346 e. The van der Waals surface area contributed by atoms with Crippen molar-refractivity contribution in [3.8, 4) is 0 Å². The maximum atomic E-state index is 12.2. The van der Waals surface area contributed by atoms with Crippen molar-refractivity contribution in [2.45, 2.75) is 38.4 Å². The molecule has 0 heterocycles. The van der Waals surface area contributed by atoms with Crippen LogP contribution in [-0.4, -0.2) is 37.6 Å². The Morgan fingerprint density at radius 2 is 1.88 bits per heavy atom. The van der Waals surface area contributed by atoms with Gasteiger partial charge in [0.2, 0.25) is 0 Å². The van der Waals surface area contributed by atoms with Gasteiger partial charge in [0, 0.05) is 6.54 Å². The zero-order valence-electron chi connectivity index (χ0n) is 9.50. The fraction of sp³-hybridized carbons (Fsp3) is 0.900. The Bertz CT molecular complexity index is 208. The van der Waals surface area contributed by atoms with Crippen LogP contribution < -0.4 is 5.32 Å². The number of carbonyl (C=O) groups excluding carboxylic acids is 1. The number of hydrogen-bond acceptors (Lipinski definition) is 3. The quantitative estimate of drug-likeness (QED) is 0.473. The fourth-order valence-electron chi connectivity index (χ4n) is 1.21. The molecule has 0 saturated carbocycles. The Morgan fingerprint density at radius 3 is 2.41 bits per heavy atom. The lowest BCUT2D eigenvalue weighted by Gasteiger charge is -2.13. The molecule has 7 heteroatoms. The first-order valence-electron chi connectivity index (χ1n) is 5.50. The van der Waals surface area contributed by atoms with Gasteiger partial charge in [0.15, 0.2) is 6.10 Å². The Hall–Kier alpha value is -0.430. The third kappa shape index (κ3) is 9.29. The van der Waals surface area contributed by atoms with Crippen molar-refractivity contribution >= 4 is 18.5 Å². The number of amides is 1. The number of alkyl halides is 3. The summed E-state index contributed by atoms with van der Waals surface area (Å²) in [6.07, 6.45) is 1.93. The molecule has 0 rings (SSSR count). The summed E-state index contributed by atoms with van der Waals surface area (Å²) in [5.74, 6) is -0.0135. The van der Waals surface area contributed by atoms with Crippen molar-refractivity contribution in [3.63, 3.8) is 0 Å². The van der Waals surface area contributed by atoms with Crippen LogP contribution in [0.15, 0.2) is 0 Å². The van der Waals surface area contributed by atoms with E-state index in [1.54, 1.807) is 0 Å². The average Bonchev–Trinajstić information content (AvgIpc) is 2.30. The summed E-state index contributed by atoms with van der Waals surface area (Å²) in [6, 6.07) is 0. The molecule has 0 bridgehead atoms. The molecule has 0 aliphatic rings. The van der Waals surface area contributed by atoms with Gasteiger partial charge in [-0.1, -0.05) is 12.8 Å². The summed E-state index contributed by atoms with van der Waals surface area (Å²) in [5.41, 5.74) is 0. The Morgan fingerprint density at radius 1 is 1.24 bits per heavy atom. The standard InChI is InChI=1S/C10H18F3NO2S/c11-7-8(16-10(12)13)9(15)14-5-3-1-2-4-6-17/h8,10,17H,1-7H2,(H,14,15). The summed E-state index contributed by atoms with van der Waals surface area (Å²) >= 11 is 4.05. The minimum Gasteiger partial charge on any atom is -0.354 e. The molecule has 0 radical (unpaired) electrons. The van der Waals surface area contributed by atoms with Crippen molar-refractivity contribution in [1.82, 2.24) is 5.32 Å². The molecule has 0 aliphatic carbocycles. The molecular weight excluding hydrogens is 255 g/mol. The van der Waals surface area contributed by atoms with Crippen molar-refractivity contribution in [2.24, 2.45) is 0 Å². The lowest BCUT2D eigenvalue weighted by atomic mass is 10.2. The topological polar surface area (TPSA) is 38.3 Å². The SMILES string of the molecule is O=C(NCCCCCCS)C(CF)OC(F)F. The predicted octanol–water partition coefficient (Wildman–Crippen LogP) is 2.17. The fourth-order valence-corrected chi connectivity index (χ4v) is 1.43. The summed E-state index contributed by atoms with van der Waals surface area (Å²) in [6.45, 7) is -4.05. The van der Waals surface area contributed by atoms with Crippen LogP contribution in [0, 0.1) is 0 Å². The minimum atomic E-state index is -3.14. The molecule has 0 fully saturated rings. The van der Waals surface area contributed by atoms with Crippen LogP contribution in [-0.2, 0) is 9.53 Å². The highest BCUT2D eigenvalue weighted by Gasteiger charge is 2.22. The number of rotatable bonds is 10. The number of halogens is 3. The van der Waals surface area contributed by atoms with Gasteiger partial charge in [0.1, 0.15) is 6.67 Å². The molecule has 0 saturated heterocycles. The van der Waals surface area contributed by atoms with Gasteiger partial charge in [-0.3, -0.25) is 4.79 Å². The molecule has 1 atom stereocenters. The van der Waals surface area contributed by atoms with Crippen LogP contribution in [0.25, 0.3) is 0 Å². The van der Waals surface area contributed by atoms with Crippen molar-refractivity contribution in [2.75, 3.05) is 19.0 Å². The minimum absolute atomic E-state index is 0.342. The van der Waals surface area contributed by atoms with E-state index in [2.05, 4.69) is 22.7 Å². The van der Waals surface area contributed by atoms with E-state index in [9.17, 15) is 18.0 Å². The molecule has 0 aromatic heterocycles. The van der Waals surface area contributed by atoms with E-state index < -0.39 is 25.3 Å². The second-order valence-corrected chi connectivity index (χ2v) is 3.92. The molecule has 1 amide bonds. The number of thiol groups is 1. The molecule has 0 aliphatic heterocycles. The Kier molecular flexibility index (Phi) is 10.4. The van der Waals surface area contributed by atoms with Crippen LogP contribution in [0.1, 0.15) is 25.7 Å². The second-order valence-electron chi connectivity index (χ2n) is 3.47. The van der Waals surface area contributed by atoms with Crippen LogP contribution in [0.2, 0.25) is 0 Å². The molecule has 102 valence electrons. The molecule has 0 spiro atoms. The van der Waals surface area contributed by atoms with Crippen molar-refractivity contribution in [3.05, 3.63) is 0 Å². The normalized spacial score (nSPS) is 12.8. The number of carbonyl (C=O) groups is 1. The molecule has 1 unspecified atom stereocenters. The monoisotopic (exact) mass is 273 g/mol. The first-order valence-corrected chi connectivity index (χ1v) is 6.13. The van der Waals surface area contributed by atoms with Gasteiger partial charge in [-0.25, -0.2) is 4.39 Å². The van der Waals surface area contributed by atoms with E-state index in [0.29, 0.717) is 6.54 Å². The van der Waals surface area contributed by atoms with Crippen LogP contribution in [0.5, 0.6) is 0 Å². The van der Waals surface area contributed by atoms with E-state index in [1.807, 2.05) is 0 Å². The molecular formula is C10H18F3NO2S. The van der Waals surface area contributed by atoms with Crippen LogP contribution in [0.3, 0.4) is 0 Å². The number of nitrogens with one attached hydrogen (secondary N) is 1. The van der Waals surface area contributed by atoms with Gasteiger partial charge in [-0.05, 0) is 18.6 Å². The number of unbranched alkanes of at least 4 members (excludes halogenated alkanes) is 3. The van der Waals surface area contributed by atoms with Gasteiger partial charge in [0.25, 0.3) is 5.91 Å². The van der Waals surface area contributed by atoms with E-state index in [0.717, 1.165) is 31.4 Å². The van der Waals surface area contributed by atoms with E-state index in [-0.39, 0.29) is 0 Å². The largest absolute Gasteiger partial charge is 0.354 e. The highest BCUT2D eigenvalue weighted by molar-refractivity contribution is 7.80. The van der Waals surface area contributed by atoms with E-state index in [1.165, 1.54) is 0 Å². The number of ether oxygens (including phenoxy) is 1. The zero-order valence-corrected chi connectivity index (χ0v) is 10.4. The Labute approximate surface area is 105 Å². The first-order chi connectivity index (χ1) is 8.11. The lowest BCUT2D eigenvalue weighted by Crippen LogP contribution is -2.39. The van der Waals surface area contributed by atoms with Crippen molar-refractivity contribution in [1.29, 1.82) is 0 Å². The average molecular weight is 273 g/mol. The highest BCUT2D eigenvalue weighted by Crippen LogP contribution is 2.03. The van der Waals surface area contributed by atoms with Gasteiger partial charge < -0.3 is 10.1 Å².